The lowest BCUT2D eigenvalue weighted by Crippen LogP contribution is -2.31. The topological polar surface area (TPSA) is 71.1 Å². The molecule has 1 heterocycles. The molecular formula is C13H19N3O2. The van der Waals surface area contributed by atoms with Crippen LogP contribution >= 0.6 is 0 Å². The fraction of sp³-hybridized carbons (Fsp3) is 0.462. The van der Waals surface area contributed by atoms with Crippen LogP contribution in [0.2, 0.25) is 0 Å². The van der Waals surface area contributed by atoms with Crippen molar-refractivity contribution in [3.8, 4) is 0 Å². The maximum Gasteiger partial charge on any atom is 0.170 e. The number of hydrogen-bond donors (Lipinski definition) is 2. The molecule has 0 saturated carbocycles. The summed E-state index contributed by atoms with van der Waals surface area (Å²) < 4.78 is 5.38. The molecule has 3 N–H and O–H groups in total. The SMILES string of the molecule is CN(Cc1cccc(C(N)=NO)c1)C1CCOC1. The van der Waals surface area contributed by atoms with Crippen molar-refractivity contribution in [1.29, 1.82) is 0 Å². The van der Waals surface area contributed by atoms with E-state index in [1.165, 1.54) is 0 Å². The van der Waals surface area contributed by atoms with E-state index in [4.69, 9.17) is 15.7 Å². The molecule has 1 aliphatic rings. The number of benzene rings is 1. The lowest BCUT2D eigenvalue weighted by Gasteiger charge is -2.22. The molecule has 18 heavy (non-hydrogen) atoms. The van der Waals surface area contributed by atoms with Gasteiger partial charge in [0.2, 0.25) is 0 Å². The molecule has 5 nitrogen and oxygen atoms in total. The maximum absolute atomic E-state index is 8.67. The number of ether oxygens (including phenoxy) is 1. The summed E-state index contributed by atoms with van der Waals surface area (Å²) in [6, 6.07) is 8.22. The van der Waals surface area contributed by atoms with E-state index in [1.54, 1.807) is 0 Å². The Morgan fingerprint density at radius 2 is 2.44 bits per heavy atom. The highest BCUT2D eigenvalue weighted by Crippen LogP contribution is 2.14. The zero-order valence-electron chi connectivity index (χ0n) is 10.5. The van der Waals surface area contributed by atoms with Gasteiger partial charge < -0.3 is 15.7 Å². The normalized spacial score (nSPS) is 20.6. The van der Waals surface area contributed by atoms with Crippen molar-refractivity contribution in [2.75, 3.05) is 20.3 Å². The first kappa shape index (κ1) is 12.9. The van der Waals surface area contributed by atoms with Gasteiger partial charge >= 0.3 is 0 Å². The third-order valence-electron chi connectivity index (χ3n) is 3.29. The molecule has 1 saturated heterocycles. The molecule has 1 fully saturated rings. The standard InChI is InChI=1S/C13H19N3O2/c1-16(12-5-6-18-9-12)8-10-3-2-4-11(7-10)13(14)15-17/h2-4,7,12,17H,5-6,8-9H2,1H3,(H2,14,15). The van der Waals surface area contributed by atoms with Crippen LogP contribution in [-0.2, 0) is 11.3 Å². The van der Waals surface area contributed by atoms with E-state index in [0.717, 1.165) is 37.3 Å². The van der Waals surface area contributed by atoms with E-state index in [0.29, 0.717) is 6.04 Å². The van der Waals surface area contributed by atoms with Crippen LogP contribution in [0.1, 0.15) is 17.5 Å². The number of amidine groups is 1. The van der Waals surface area contributed by atoms with Crippen LogP contribution in [0.5, 0.6) is 0 Å². The number of likely N-dealkylation sites (N-methyl/N-ethyl adjacent to an activating group) is 1. The van der Waals surface area contributed by atoms with Gasteiger partial charge in [-0.15, -0.1) is 0 Å². The summed E-state index contributed by atoms with van der Waals surface area (Å²) >= 11 is 0. The Bertz CT molecular complexity index is 428. The molecule has 0 bridgehead atoms. The molecule has 1 aromatic rings. The fourth-order valence-electron chi connectivity index (χ4n) is 2.17. The highest BCUT2D eigenvalue weighted by Gasteiger charge is 2.20. The van der Waals surface area contributed by atoms with Crippen molar-refractivity contribution in [3.63, 3.8) is 0 Å². The van der Waals surface area contributed by atoms with Gasteiger partial charge in [-0.05, 0) is 25.1 Å². The number of hydrogen-bond acceptors (Lipinski definition) is 4. The second-order valence-electron chi connectivity index (χ2n) is 4.62. The number of oxime groups is 1. The van der Waals surface area contributed by atoms with E-state index >= 15 is 0 Å². The predicted octanol–water partition coefficient (Wildman–Crippen LogP) is 1.00. The molecule has 98 valence electrons. The summed E-state index contributed by atoms with van der Waals surface area (Å²) in [5.41, 5.74) is 7.47. The summed E-state index contributed by atoms with van der Waals surface area (Å²) in [6.45, 7) is 2.48. The molecule has 0 amide bonds. The Balaban J connectivity index is 2.04. The second-order valence-corrected chi connectivity index (χ2v) is 4.62. The minimum Gasteiger partial charge on any atom is -0.409 e. The summed E-state index contributed by atoms with van der Waals surface area (Å²) in [7, 11) is 2.09. The molecule has 0 aliphatic carbocycles. The molecule has 2 rings (SSSR count). The van der Waals surface area contributed by atoms with Gasteiger partial charge in [-0.25, -0.2) is 0 Å². The largest absolute Gasteiger partial charge is 0.409 e. The minimum atomic E-state index is 0.142. The Labute approximate surface area is 107 Å². The van der Waals surface area contributed by atoms with Crippen molar-refractivity contribution in [2.24, 2.45) is 10.9 Å². The molecule has 0 aromatic heterocycles. The second kappa shape index (κ2) is 5.84. The van der Waals surface area contributed by atoms with Crippen LogP contribution in [0.4, 0.5) is 0 Å². The number of nitrogens with two attached hydrogens (primary N) is 1. The van der Waals surface area contributed by atoms with Crippen LogP contribution in [0.15, 0.2) is 29.4 Å². The Morgan fingerprint density at radius 1 is 1.61 bits per heavy atom. The summed E-state index contributed by atoms with van der Waals surface area (Å²) in [5.74, 6) is 0.142. The van der Waals surface area contributed by atoms with Gasteiger partial charge in [-0.2, -0.15) is 0 Å². The van der Waals surface area contributed by atoms with Gasteiger partial charge in [-0.3, -0.25) is 4.90 Å². The van der Waals surface area contributed by atoms with Gasteiger partial charge in [0.25, 0.3) is 0 Å². The smallest absolute Gasteiger partial charge is 0.170 e. The van der Waals surface area contributed by atoms with Crippen molar-refractivity contribution in [2.45, 2.75) is 19.0 Å². The maximum atomic E-state index is 8.67. The van der Waals surface area contributed by atoms with E-state index in [2.05, 4.69) is 17.1 Å². The first-order valence-corrected chi connectivity index (χ1v) is 6.05. The van der Waals surface area contributed by atoms with Gasteiger partial charge in [-0.1, -0.05) is 23.4 Å². The third-order valence-corrected chi connectivity index (χ3v) is 3.29. The van der Waals surface area contributed by atoms with Crippen LogP contribution in [0.25, 0.3) is 0 Å². The van der Waals surface area contributed by atoms with Crippen LogP contribution < -0.4 is 5.73 Å². The van der Waals surface area contributed by atoms with E-state index < -0.39 is 0 Å². The van der Waals surface area contributed by atoms with Gasteiger partial charge in [0.1, 0.15) is 0 Å². The van der Waals surface area contributed by atoms with Crippen molar-refractivity contribution < 1.29 is 9.94 Å². The molecule has 1 atom stereocenters. The van der Waals surface area contributed by atoms with Gasteiger partial charge in [0.05, 0.1) is 6.61 Å². The number of nitrogens with zero attached hydrogens (tertiary/aromatic N) is 2. The average molecular weight is 249 g/mol. The zero-order chi connectivity index (χ0) is 13.0. The Hall–Kier alpha value is -1.59. The molecule has 1 unspecified atom stereocenters. The summed E-state index contributed by atoms with van der Waals surface area (Å²) in [4.78, 5) is 2.28. The lowest BCUT2D eigenvalue weighted by molar-refractivity contribution is 0.156. The fourth-order valence-corrected chi connectivity index (χ4v) is 2.17. The summed E-state index contributed by atoms with van der Waals surface area (Å²) in [6.07, 6.45) is 1.08. The highest BCUT2D eigenvalue weighted by molar-refractivity contribution is 5.97. The Kier molecular flexibility index (Phi) is 4.17. The van der Waals surface area contributed by atoms with E-state index in [1.807, 2.05) is 24.3 Å². The van der Waals surface area contributed by atoms with Crippen LogP contribution in [0.3, 0.4) is 0 Å². The molecule has 1 aliphatic heterocycles. The molecule has 0 spiro atoms. The van der Waals surface area contributed by atoms with E-state index in [-0.39, 0.29) is 5.84 Å². The Morgan fingerprint density at radius 3 is 3.11 bits per heavy atom. The molecule has 1 aromatic carbocycles. The first-order chi connectivity index (χ1) is 8.70. The van der Waals surface area contributed by atoms with Crippen molar-refractivity contribution >= 4 is 5.84 Å². The number of rotatable bonds is 4. The van der Waals surface area contributed by atoms with Crippen LogP contribution in [-0.4, -0.2) is 42.2 Å². The monoisotopic (exact) mass is 249 g/mol. The average Bonchev–Trinajstić information content (AvgIpc) is 2.92. The first-order valence-electron chi connectivity index (χ1n) is 6.05. The minimum absolute atomic E-state index is 0.142. The highest BCUT2D eigenvalue weighted by atomic mass is 16.5. The van der Waals surface area contributed by atoms with Gasteiger partial charge in [0.15, 0.2) is 5.84 Å². The van der Waals surface area contributed by atoms with E-state index in [9.17, 15) is 0 Å². The molecule has 5 heteroatoms. The van der Waals surface area contributed by atoms with Gasteiger partial charge in [0, 0.05) is 24.8 Å². The quantitative estimate of drug-likeness (QED) is 0.361. The van der Waals surface area contributed by atoms with Crippen molar-refractivity contribution in [3.05, 3.63) is 35.4 Å². The van der Waals surface area contributed by atoms with Crippen LogP contribution in [0, 0.1) is 0 Å². The molecular weight excluding hydrogens is 230 g/mol. The van der Waals surface area contributed by atoms with Crippen molar-refractivity contribution in [1.82, 2.24) is 4.90 Å². The lowest BCUT2D eigenvalue weighted by atomic mass is 10.1. The summed E-state index contributed by atoms with van der Waals surface area (Å²) in [5, 5.41) is 11.7. The zero-order valence-corrected chi connectivity index (χ0v) is 10.5. The third kappa shape index (κ3) is 3.00. The molecule has 0 radical (unpaired) electrons. The predicted molar refractivity (Wildman–Crippen MR) is 69.6 cm³/mol.